The van der Waals surface area contributed by atoms with Gasteiger partial charge in [0.2, 0.25) is 5.91 Å². The Bertz CT molecular complexity index is 181. The van der Waals surface area contributed by atoms with Crippen LogP contribution in [0.5, 0.6) is 0 Å². The quantitative estimate of drug-likeness (QED) is 0.547. The van der Waals surface area contributed by atoms with Crippen LogP contribution in [-0.4, -0.2) is 25.5 Å². The van der Waals surface area contributed by atoms with Crippen molar-refractivity contribution in [2.75, 3.05) is 19.6 Å². The van der Waals surface area contributed by atoms with E-state index in [0.717, 1.165) is 25.4 Å². The zero-order valence-electron chi connectivity index (χ0n) is 11.8. The Labute approximate surface area is 107 Å². The maximum Gasteiger partial charge on any atom is 0.233 e. The molecule has 17 heavy (non-hydrogen) atoms. The Kier molecular flexibility index (Phi) is 11.5. The average molecular weight is 242 g/mol. The monoisotopic (exact) mass is 242 g/mol. The largest absolute Gasteiger partial charge is 0.355 e. The van der Waals surface area contributed by atoms with E-state index >= 15 is 0 Å². The molecule has 0 heterocycles. The van der Waals surface area contributed by atoms with Crippen LogP contribution in [0.15, 0.2) is 0 Å². The molecule has 0 aliphatic carbocycles. The molecule has 0 spiro atoms. The second-order valence-electron chi connectivity index (χ2n) is 5.12. The molecule has 0 saturated carbocycles. The third-order valence-corrected chi connectivity index (χ3v) is 2.74. The minimum Gasteiger partial charge on any atom is -0.355 e. The summed E-state index contributed by atoms with van der Waals surface area (Å²) in [5, 5.41) is 6.04. The molecule has 0 aliphatic heterocycles. The van der Waals surface area contributed by atoms with Gasteiger partial charge in [-0.3, -0.25) is 4.79 Å². The van der Waals surface area contributed by atoms with Gasteiger partial charge in [-0.1, -0.05) is 46.5 Å². The highest BCUT2D eigenvalue weighted by Crippen LogP contribution is 2.08. The van der Waals surface area contributed by atoms with Gasteiger partial charge in [0.05, 0.1) is 6.54 Å². The number of rotatable bonds is 11. The maximum atomic E-state index is 11.2. The van der Waals surface area contributed by atoms with Gasteiger partial charge in [0.15, 0.2) is 0 Å². The molecule has 0 aliphatic rings. The minimum absolute atomic E-state index is 0.117. The van der Waals surface area contributed by atoms with Gasteiger partial charge in [0.25, 0.3) is 0 Å². The second-order valence-corrected chi connectivity index (χ2v) is 5.12. The highest BCUT2D eigenvalue weighted by atomic mass is 16.1. The molecule has 1 amide bonds. The number of unbranched alkanes of at least 4 members (excludes halogenated alkanes) is 3. The minimum atomic E-state index is 0.117. The zero-order valence-corrected chi connectivity index (χ0v) is 11.8. The fourth-order valence-corrected chi connectivity index (χ4v) is 1.68. The fraction of sp³-hybridized carbons (Fsp3) is 0.929. The topological polar surface area (TPSA) is 41.1 Å². The summed E-state index contributed by atoms with van der Waals surface area (Å²) in [6.07, 6.45) is 7.46. The van der Waals surface area contributed by atoms with Gasteiger partial charge in [-0.2, -0.15) is 0 Å². The van der Waals surface area contributed by atoms with Gasteiger partial charge in [0.1, 0.15) is 0 Å². The molecule has 0 atom stereocenters. The summed E-state index contributed by atoms with van der Waals surface area (Å²) in [6.45, 7) is 8.82. The van der Waals surface area contributed by atoms with Crippen LogP contribution in [0.2, 0.25) is 0 Å². The van der Waals surface area contributed by atoms with E-state index in [1.54, 1.807) is 0 Å². The molecule has 0 aromatic heterocycles. The van der Waals surface area contributed by atoms with Crippen molar-refractivity contribution in [3.8, 4) is 0 Å². The molecule has 0 aromatic rings. The number of hydrogen-bond donors (Lipinski definition) is 2. The summed E-state index contributed by atoms with van der Waals surface area (Å²) < 4.78 is 0. The van der Waals surface area contributed by atoms with Gasteiger partial charge >= 0.3 is 0 Å². The number of nitrogens with one attached hydrogen (secondary N) is 2. The Balaban J connectivity index is 3.10. The number of hydrogen-bond acceptors (Lipinski definition) is 2. The van der Waals surface area contributed by atoms with Crippen LogP contribution < -0.4 is 10.6 Å². The van der Waals surface area contributed by atoms with E-state index in [-0.39, 0.29) is 5.91 Å². The molecule has 0 bridgehead atoms. The van der Waals surface area contributed by atoms with Crippen LogP contribution in [0.3, 0.4) is 0 Å². The van der Waals surface area contributed by atoms with Crippen LogP contribution in [0.25, 0.3) is 0 Å². The Morgan fingerprint density at radius 1 is 1.06 bits per heavy atom. The highest BCUT2D eigenvalue weighted by molar-refractivity contribution is 5.77. The van der Waals surface area contributed by atoms with Gasteiger partial charge in [0, 0.05) is 6.54 Å². The third kappa shape index (κ3) is 13.4. The lowest BCUT2D eigenvalue weighted by atomic mass is 10.0. The molecular weight excluding hydrogens is 212 g/mol. The van der Waals surface area contributed by atoms with E-state index in [4.69, 9.17) is 0 Å². The van der Waals surface area contributed by atoms with Gasteiger partial charge in [-0.05, 0) is 25.3 Å². The summed E-state index contributed by atoms with van der Waals surface area (Å²) in [7, 11) is 0. The lowest BCUT2D eigenvalue weighted by Crippen LogP contribution is -2.34. The molecule has 2 N–H and O–H groups in total. The molecule has 102 valence electrons. The summed E-state index contributed by atoms with van der Waals surface area (Å²) >= 11 is 0. The molecule has 0 fully saturated rings. The van der Waals surface area contributed by atoms with E-state index in [1.165, 1.54) is 32.1 Å². The van der Waals surface area contributed by atoms with E-state index in [0.29, 0.717) is 6.54 Å². The van der Waals surface area contributed by atoms with Crippen molar-refractivity contribution < 1.29 is 4.79 Å². The van der Waals surface area contributed by atoms with Crippen LogP contribution in [-0.2, 0) is 4.79 Å². The second kappa shape index (κ2) is 11.9. The van der Waals surface area contributed by atoms with Crippen LogP contribution in [0.1, 0.15) is 59.3 Å². The molecule has 3 heteroatoms. The van der Waals surface area contributed by atoms with E-state index < -0.39 is 0 Å². The van der Waals surface area contributed by atoms with E-state index in [9.17, 15) is 4.79 Å². The van der Waals surface area contributed by atoms with Crippen molar-refractivity contribution in [2.24, 2.45) is 5.92 Å². The predicted molar refractivity (Wildman–Crippen MR) is 74.1 cm³/mol. The molecular formula is C14H30N2O. The fourth-order valence-electron chi connectivity index (χ4n) is 1.68. The van der Waals surface area contributed by atoms with Crippen LogP contribution in [0, 0.1) is 5.92 Å². The molecule has 0 saturated heterocycles. The molecule has 0 unspecified atom stereocenters. The summed E-state index contributed by atoms with van der Waals surface area (Å²) in [5.41, 5.74) is 0. The SMILES string of the molecule is CCCNC(=O)CNCCCCCCC(C)C. The van der Waals surface area contributed by atoms with Crippen molar-refractivity contribution >= 4 is 5.91 Å². The Morgan fingerprint density at radius 2 is 1.76 bits per heavy atom. The Hall–Kier alpha value is -0.570. The molecule has 0 rings (SSSR count). The smallest absolute Gasteiger partial charge is 0.233 e. The lowest BCUT2D eigenvalue weighted by molar-refractivity contribution is -0.120. The normalized spacial score (nSPS) is 10.8. The first-order valence-corrected chi connectivity index (χ1v) is 7.14. The first-order valence-electron chi connectivity index (χ1n) is 7.14. The van der Waals surface area contributed by atoms with Gasteiger partial charge in [-0.15, -0.1) is 0 Å². The first-order chi connectivity index (χ1) is 8.16. The molecule has 0 radical (unpaired) electrons. The first kappa shape index (κ1) is 16.4. The standard InChI is InChI=1S/C14H30N2O/c1-4-10-16-14(17)12-15-11-8-6-5-7-9-13(2)3/h13,15H,4-12H2,1-3H3,(H,16,17). The summed E-state index contributed by atoms with van der Waals surface area (Å²) in [4.78, 5) is 11.2. The zero-order chi connectivity index (χ0) is 12.9. The number of carbonyl (C=O) groups is 1. The van der Waals surface area contributed by atoms with E-state index in [1.807, 2.05) is 0 Å². The van der Waals surface area contributed by atoms with Crippen molar-refractivity contribution in [2.45, 2.75) is 59.3 Å². The highest BCUT2D eigenvalue weighted by Gasteiger charge is 1.98. The van der Waals surface area contributed by atoms with Gasteiger partial charge in [-0.25, -0.2) is 0 Å². The van der Waals surface area contributed by atoms with E-state index in [2.05, 4.69) is 31.4 Å². The third-order valence-electron chi connectivity index (χ3n) is 2.74. The Morgan fingerprint density at radius 3 is 2.41 bits per heavy atom. The number of carbonyl (C=O) groups excluding carboxylic acids is 1. The lowest BCUT2D eigenvalue weighted by Gasteiger charge is -2.06. The molecule has 0 aromatic carbocycles. The van der Waals surface area contributed by atoms with Crippen LogP contribution >= 0.6 is 0 Å². The van der Waals surface area contributed by atoms with Gasteiger partial charge < -0.3 is 10.6 Å². The number of amides is 1. The maximum absolute atomic E-state index is 11.2. The average Bonchev–Trinajstić information content (AvgIpc) is 2.29. The summed E-state index contributed by atoms with van der Waals surface area (Å²) in [6, 6.07) is 0. The van der Waals surface area contributed by atoms with Crippen LogP contribution in [0.4, 0.5) is 0 Å². The molecule has 3 nitrogen and oxygen atoms in total. The summed E-state index contributed by atoms with van der Waals surface area (Å²) in [5.74, 6) is 0.946. The van der Waals surface area contributed by atoms with Crippen molar-refractivity contribution in [3.63, 3.8) is 0 Å². The predicted octanol–water partition coefficient (Wildman–Crippen LogP) is 2.71. The van der Waals surface area contributed by atoms with Crippen molar-refractivity contribution in [3.05, 3.63) is 0 Å². The van der Waals surface area contributed by atoms with Crippen molar-refractivity contribution in [1.82, 2.24) is 10.6 Å². The van der Waals surface area contributed by atoms with Crippen molar-refractivity contribution in [1.29, 1.82) is 0 Å².